The Labute approximate surface area is 454 Å². The summed E-state index contributed by atoms with van der Waals surface area (Å²) in [7, 11) is 7.44. The van der Waals surface area contributed by atoms with Crippen LogP contribution in [0.25, 0.3) is 33.4 Å². The third-order valence-corrected chi connectivity index (χ3v) is 14.3. The molecule has 4 aromatic rings. The number of carbonyl (C=O) groups excluding carboxylic acids is 4. The summed E-state index contributed by atoms with van der Waals surface area (Å²) in [5.41, 5.74) is 9.42. The number of hydrogen-bond acceptors (Lipinski definition) is 11. The van der Waals surface area contributed by atoms with Gasteiger partial charge in [0, 0.05) is 91.8 Å². The van der Waals surface area contributed by atoms with Gasteiger partial charge in [0.2, 0.25) is 5.91 Å². The molecule has 0 unspecified atom stereocenters. The summed E-state index contributed by atoms with van der Waals surface area (Å²) >= 11 is 1.44. The number of amides is 4. The molecule has 21 heteroatoms. The first-order valence-electron chi connectivity index (χ1n) is 23.3. The summed E-state index contributed by atoms with van der Waals surface area (Å²) in [5, 5.41) is 8.27. The van der Waals surface area contributed by atoms with E-state index in [2.05, 4.69) is 65.2 Å². The summed E-state index contributed by atoms with van der Waals surface area (Å²) in [6.07, 6.45) is 6.23. The fraction of sp³-hybridized carbons (Fsp3) is 0.592. The molecule has 3 aromatic heterocycles. The molecular formula is C49H79N9O6S6. The molecule has 2 fully saturated rings. The lowest BCUT2D eigenvalue weighted by Crippen LogP contribution is -2.62. The standard InChI is InChI=1S/C49H69N9O6S.5H2S/c1-11-57-40-20-19-32-24-35(40)36(44(57)34-17-14-21-50-42(34)31(4)63-10)26-49(5,6)29-64-47(61)37-18-15-23-58(53-37)46(60)38(25-41-51-39(32)28-65-41)52-45(59)43(30(2)3)55(9)48(62)56-22-13-12-16-33(27-56)54(7)8;;;;;/h14,17,19-21,24,28,30-31,33,37-38,43,53H,11-13,15-16,18,22-23,25-27,29H2,1-10H3,(H,52,59);5*1H2/t31-,33+,37-,38-,43-;;;;;/m0...../s1. The minimum Gasteiger partial charge on any atom is -0.464 e. The van der Waals surface area contributed by atoms with E-state index >= 15 is 0 Å². The molecule has 5 atom stereocenters. The van der Waals surface area contributed by atoms with Crippen LogP contribution < -0.4 is 10.7 Å². The zero-order valence-electron chi connectivity index (χ0n) is 42.5. The normalized spacial score (nSPS) is 20.2. The van der Waals surface area contributed by atoms with Crippen LogP contribution in [-0.2, 0) is 43.2 Å². The molecule has 0 saturated carbocycles. The highest BCUT2D eigenvalue weighted by Gasteiger charge is 2.39. The quantitative estimate of drug-likeness (QED) is 0.164. The van der Waals surface area contributed by atoms with E-state index in [1.807, 2.05) is 51.2 Å². The molecule has 4 amide bonds. The van der Waals surface area contributed by atoms with E-state index in [0.717, 1.165) is 63.9 Å². The first-order chi connectivity index (χ1) is 31.0. The fourth-order valence-corrected chi connectivity index (χ4v) is 10.7. The molecule has 7 rings (SSSR count). The van der Waals surface area contributed by atoms with Crippen molar-refractivity contribution in [1.29, 1.82) is 0 Å². The van der Waals surface area contributed by atoms with Gasteiger partial charge in [0.25, 0.3) is 5.91 Å². The van der Waals surface area contributed by atoms with Gasteiger partial charge >= 0.3 is 12.0 Å². The first kappa shape index (κ1) is 63.0. The van der Waals surface area contributed by atoms with Crippen LogP contribution in [0, 0.1) is 11.3 Å². The number of pyridine rings is 1. The molecule has 1 aromatic carbocycles. The van der Waals surface area contributed by atoms with E-state index in [-0.39, 0.29) is 111 Å². The Hall–Kier alpha value is -3.15. The van der Waals surface area contributed by atoms with Crippen molar-refractivity contribution < 1.29 is 28.7 Å². The van der Waals surface area contributed by atoms with Crippen LogP contribution in [-0.4, -0.2) is 137 Å². The van der Waals surface area contributed by atoms with Crippen LogP contribution in [0.3, 0.4) is 0 Å². The molecule has 0 aliphatic carbocycles. The van der Waals surface area contributed by atoms with Crippen molar-refractivity contribution in [3.63, 3.8) is 0 Å². The van der Waals surface area contributed by atoms with Crippen LogP contribution >= 0.6 is 78.8 Å². The highest BCUT2D eigenvalue weighted by atomic mass is 32.1. The third kappa shape index (κ3) is 13.9. The molecule has 392 valence electrons. The van der Waals surface area contributed by atoms with E-state index in [9.17, 15) is 19.2 Å². The predicted octanol–water partition coefficient (Wildman–Crippen LogP) is 7.26. The maximum atomic E-state index is 14.7. The molecule has 3 aliphatic heterocycles. The van der Waals surface area contributed by atoms with Crippen molar-refractivity contribution in [3.8, 4) is 22.5 Å². The maximum Gasteiger partial charge on any atom is 0.324 e. The van der Waals surface area contributed by atoms with Crippen molar-refractivity contribution >= 4 is 114 Å². The Kier molecular flexibility index (Phi) is 24.5. The first-order valence-corrected chi connectivity index (χ1v) is 24.2. The number of cyclic esters (lactones) is 1. The van der Waals surface area contributed by atoms with Crippen molar-refractivity contribution in [2.75, 3.05) is 54.5 Å². The number of hydrazine groups is 1. The second-order valence-corrected chi connectivity index (χ2v) is 20.4. The number of rotatable bonds is 9. The lowest BCUT2D eigenvalue weighted by atomic mass is 9.84. The largest absolute Gasteiger partial charge is 0.464 e. The summed E-state index contributed by atoms with van der Waals surface area (Å²) in [6.45, 7) is 14.6. The Morgan fingerprint density at radius 2 is 1.74 bits per heavy atom. The Balaban J connectivity index is 0.00000336. The second-order valence-electron chi connectivity index (χ2n) is 19.4. The van der Waals surface area contributed by atoms with E-state index in [1.165, 1.54) is 21.2 Å². The lowest BCUT2D eigenvalue weighted by Gasteiger charge is -2.38. The molecule has 6 bridgehead atoms. The monoisotopic (exact) mass is 1080 g/mol. The van der Waals surface area contributed by atoms with Crippen molar-refractivity contribution in [2.45, 2.75) is 123 Å². The zero-order chi connectivity index (χ0) is 46.7. The van der Waals surface area contributed by atoms with Crippen LogP contribution in [0.4, 0.5) is 4.79 Å². The summed E-state index contributed by atoms with van der Waals surface area (Å²) in [4.78, 5) is 72.7. The van der Waals surface area contributed by atoms with Gasteiger partial charge in [0.05, 0.1) is 34.8 Å². The Morgan fingerprint density at radius 3 is 2.41 bits per heavy atom. The zero-order valence-corrected chi connectivity index (χ0v) is 48.3. The number of ether oxygens (including phenoxy) is 2. The van der Waals surface area contributed by atoms with Crippen LogP contribution in [0.2, 0.25) is 0 Å². The molecule has 3 aliphatic rings. The van der Waals surface area contributed by atoms with Crippen molar-refractivity contribution in [2.24, 2.45) is 11.3 Å². The molecule has 0 radical (unpaired) electrons. The van der Waals surface area contributed by atoms with Gasteiger partial charge in [-0.05, 0) is 95.8 Å². The number of fused-ring (bicyclic) bond motifs is 6. The van der Waals surface area contributed by atoms with E-state index in [0.29, 0.717) is 50.4 Å². The number of likely N-dealkylation sites (N-methyl/N-ethyl adjacent to an activating group) is 2. The van der Waals surface area contributed by atoms with E-state index < -0.39 is 35.4 Å². The van der Waals surface area contributed by atoms with Gasteiger partial charge in [-0.15, -0.1) is 11.3 Å². The summed E-state index contributed by atoms with van der Waals surface area (Å²) < 4.78 is 14.3. The smallest absolute Gasteiger partial charge is 0.324 e. The topological polar surface area (TPSA) is 154 Å². The molecule has 2 saturated heterocycles. The van der Waals surface area contributed by atoms with Gasteiger partial charge in [0.15, 0.2) is 0 Å². The number of likely N-dealkylation sites (tertiary alicyclic amines) is 1. The number of nitrogens with zero attached hydrogens (tertiary/aromatic N) is 7. The predicted molar refractivity (Wildman–Crippen MR) is 306 cm³/mol. The number of aromatic nitrogens is 3. The number of thiazole rings is 1. The molecular weight excluding hydrogens is 1000 g/mol. The second kappa shape index (κ2) is 27.2. The van der Waals surface area contributed by atoms with Crippen LogP contribution in [0.5, 0.6) is 0 Å². The fourth-order valence-electron chi connectivity index (χ4n) is 9.80. The third-order valence-electron chi connectivity index (χ3n) is 13.4. The van der Waals surface area contributed by atoms with Gasteiger partial charge in [0.1, 0.15) is 18.1 Å². The SMILES string of the molecule is CCn1c(-c2cccnc2[C@H](C)OC)c2c3cc(ccc31)-c1csc(n1)C[C@H](NC(=O)[C@H](C(C)C)N(C)C(=O)N1CCCC[C@@H](N(C)C)C1)C(=O)N1CCC[C@H](N1)C(=O)OCC(C)(C)C2.S.S.S.S.S. The average molecular weight is 1080 g/mol. The van der Waals surface area contributed by atoms with Crippen LogP contribution in [0.15, 0.2) is 41.9 Å². The van der Waals surface area contributed by atoms with Crippen molar-refractivity contribution in [3.05, 3.63) is 58.2 Å². The van der Waals surface area contributed by atoms with E-state index in [1.54, 1.807) is 20.4 Å². The van der Waals surface area contributed by atoms with Gasteiger partial charge in [-0.2, -0.15) is 67.5 Å². The molecule has 0 spiro atoms. The van der Waals surface area contributed by atoms with Crippen LogP contribution in [0.1, 0.15) is 96.0 Å². The number of nitrogens with one attached hydrogen (secondary N) is 2. The van der Waals surface area contributed by atoms with Gasteiger partial charge in [-0.3, -0.25) is 24.4 Å². The van der Waals surface area contributed by atoms with E-state index in [4.69, 9.17) is 19.4 Å². The summed E-state index contributed by atoms with van der Waals surface area (Å²) in [6, 6.07) is 7.85. The maximum absolute atomic E-state index is 14.7. The number of aryl methyl sites for hydroxylation is 1. The molecule has 6 heterocycles. The number of esters is 1. The minimum absolute atomic E-state index is 0. The average Bonchev–Trinajstić information content (AvgIpc) is 3.78. The lowest BCUT2D eigenvalue weighted by molar-refractivity contribution is -0.155. The summed E-state index contributed by atoms with van der Waals surface area (Å²) in [5.74, 6) is -1.50. The molecule has 2 N–H and O–H groups in total. The molecule has 15 nitrogen and oxygen atoms in total. The number of carbonyl (C=O) groups is 4. The van der Waals surface area contributed by atoms with Gasteiger partial charge in [-0.1, -0.05) is 40.2 Å². The Morgan fingerprint density at radius 1 is 1.01 bits per heavy atom. The highest BCUT2D eigenvalue weighted by Crippen LogP contribution is 2.42. The number of methoxy groups -OCH3 is 1. The number of benzene rings is 1. The molecule has 70 heavy (non-hydrogen) atoms. The van der Waals surface area contributed by atoms with Gasteiger partial charge in [-0.25, -0.2) is 15.2 Å². The van der Waals surface area contributed by atoms with Crippen molar-refractivity contribution in [1.82, 2.24) is 45.0 Å². The Bertz CT molecular complexity index is 2380. The number of hydrogen-bond donors (Lipinski definition) is 2. The highest BCUT2D eigenvalue weighted by molar-refractivity contribution is 7.60. The van der Waals surface area contributed by atoms with Gasteiger partial charge < -0.3 is 34.1 Å². The number of urea groups is 1. The minimum atomic E-state index is -1.04.